The molecule has 0 aliphatic heterocycles. The van der Waals surface area contributed by atoms with Crippen molar-refractivity contribution in [3.63, 3.8) is 0 Å². The summed E-state index contributed by atoms with van der Waals surface area (Å²) in [6, 6.07) is 13.4. The molecule has 3 aromatic rings. The van der Waals surface area contributed by atoms with Crippen LogP contribution in [0.1, 0.15) is 40.3 Å². The van der Waals surface area contributed by atoms with Crippen LogP contribution < -0.4 is 10.7 Å². The first kappa shape index (κ1) is 17.6. The second kappa shape index (κ2) is 6.96. The van der Waals surface area contributed by atoms with E-state index in [1.54, 1.807) is 48.5 Å². The Kier molecular flexibility index (Phi) is 4.71. The molecule has 0 atom stereocenters. The lowest BCUT2D eigenvalue weighted by atomic mass is 10.1. The first-order chi connectivity index (χ1) is 12.4. The molecule has 0 spiro atoms. The highest BCUT2D eigenvalue weighted by Gasteiger charge is 2.11. The number of Topliss-reactive ketones (excluding diaryl/α,β-unsaturated/α-hetero) is 1. The number of pyridine rings is 1. The van der Waals surface area contributed by atoms with Crippen LogP contribution in [0.2, 0.25) is 0 Å². The van der Waals surface area contributed by atoms with Gasteiger partial charge in [-0.3, -0.25) is 14.4 Å². The molecule has 5 heteroatoms. The van der Waals surface area contributed by atoms with Crippen LogP contribution in [0.25, 0.3) is 10.9 Å². The summed E-state index contributed by atoms with van der Waals surface area (Å²) >= 11 is 0. The van der Waals surface area contributed by atoms with Gasteiger partial charge in [-0.2, -0.15) is 0 Å². The molecule has 0 aliphatic rings. The van der Waals surface area contributed by atoms with E-state index >= 15 is 0 Å². The highest BCUT2D eigenvalue weighted by molar-refractivity contribution is 6.06. The van der Waals surface area contributed by atoms with E-state index < -0.39 is 0 Å². The van der Waals surface area contributed by atoms with E-state index in [2.05, 4.69) is 5.32 Å². The van der Waals surface area contributed by atoms with Gasteiger partial charge in [0.1, 0.15) is 0 Å². The lowest BCUT2D eigenvalue weighted by Crippen LogP contribution is -2.15. The van der Waals surface area contributed by atoms with Crippen molar-refractivity contribution < 1.29 is 9.59 Å². The van der Waals surface area contributed by atoms with Gasteiger partial charge >= 0.3 is 0 Å². The van der Waals surface area contributed by atoms with Gasteiger partial charge in [0.05, 0.1) is 5.52 Å². The highest BCUT2D eigenvalue weighted by atomic mass is 16.1. The van der Waals surface area contributed by atoms with E-state index in [4.69, 9.17) is 0 Å². The predicted octanol–water partition coefficient (Wildman–Crippen LogP) is 3.78. The van der Waals surface area contributed by atoms with Crippen LogP contribution in [-0.4, -0.2) is 16.3 Å². The summed E-state index contributed by atoms with van der Waals surface area (Å²) in [7, 11) is 0. The molecule has 0 aliphatic carbocycles. The number of carbonyl (C=O) groups excluding carboxylic acids is 2. The molecule has 0 saturated heterocycles. The van der Waals surface area contributed by atoms with Crippen molar-refractivity contribution in [1.29, 1.82) is 0 Å². The van der Waals surface area contributed by atoms with Crippen molar-refractivity contribution >= 4 is 28.3 Å². The number of ketones is 1. The monoisotopic (exact) mass is 348 g/mol. The summed E-state index contributed by atoms with van der Waals surface area (Å²) in [6.07, 6.45) is 0. The zero-order valence-electron chi connectivity index (χ0n) is 15.0. The van der Waals surface area contributed by atoms with Crippen molar-refractivity contribution in [3.05, 3.63) is 75.6 Å². The predicted molar refractivity (Wildman–Crippen MR) is 103 cm³/mol. The van der Waals surface area contributed by atoms with Crippen molar-refractivity contribution in [3.8, 4) is 0 Å². The lowest BCUT2D eigenvalue weighted by molar-refractivity contribution is 0.101. The van der Waals surface area contributed by atoms with Crippen LogP contribution >= 0.6 is 0 Å². The van der Waals surface area contributed by atoms with Gasteiger partial charge in [0.25, 0.3) is 5.91 Å². The number of aromatic nitrogens is 1. The van der Waals surface area contributed by atoms with Gasteiger partial charge in [-0.25, -0.2) is 0 Å². The van der Waals surface area contributed by atoms with E-state index in [-0.39, 0.29) is 17.1 Å². The van der Waals surface area contributed by atoms with Gasteiger partial charge in [-0.05, 0) is 63.2 Å². The number of amides is 1. The molecule has 1 heterocycles. The number of nitrogens with one attached hydrogen (secondary N) is 1. The van der Waals surface area contributed by atoms with Crippen LogP contribution in [-0.2, 0) is 6.54 Å². The Bertz CT molecular complexity index is 1060. The average molecular weight is 348 g/mol. The maximum atomic E-state index is 12.5. The number of fused-ring (bicyclic) bond motifs is 1. The van der Waals surface area contributed by atoms with Crippen molar-refractivity contribution in [2.24, 2.45) is 0 Å². The van der Waals surface area contributed by atoms with E-state index in [9.17, 15) is 14.4 Å². The maximum Gasteiger partial charge on any atom is 0.255 e. The fourth-order valence-corrected chi connectivity index (χ4v) is 3.06. The molecular weight excluding hydrogens is 328 g/mol. The van der Waals surface area contributed by atoms with Gasteiger partial charge in [0, 0.05) is 40.5 Å². The quantitative estimate of drug-likeness (QED) is 0.730. The number of benzene rings is 2. The largest absolute Gasteiger partial charge is 0.345 e. The molecule has 0 radical (unpaired) electrons. The van der Waals surface area contributed by atoms with Crippen molar-refractivity contribution in [2.75, 3.05) is 5.32 Å². The summed E-state index contributed by atoms with van der Waals surface area (Å²) in [5.41, 5.74) is 3.21. The molecule has 0 fully saturated rings. The van der Waals surface area contributed by atoms with Gasteiger partial charge < -0.3 is 9.88 Å². The molecule has 2 aromatic carbocycles. The third kappa shape index (κ3) is 3.28. The minimum atomic E-state index is -0.300. The molecule has 1 aromatic heterocycles. The fraction of sp³-hybridized carbons (Fsp3) is 0.190. The minimum Gasteiger partial charge on any atom is -0.345 e. The van der Waals surface area contributed by atoms with E-state index in [0.29, 0.717) is 22.2 Å². The smallest absolute Gasteiger partial charge is 0.255 e. The molecule has 132 valence electrons. The van der Waals surface area contributed by atoms with Crippen LogP contribution in [0, 0.1) is 6.92 Å². The summed E-state index contributed by atoms with van der Waals surface area (Å²) in [5, 5.41) is 3.31. The Labute approximate surface area is 151 Å². The van der Waals surface area contributed by atoms with E-state index in [0.717, 1.165) is 17.8 Å². The number of carbonyl (C=O) groups is 2. The zero-order valence-corrected chi connectivity index (χ0v) is 15.0. The molecule has 1 amide bonds. The topological polar surface area (TPSA) is 68.2 Å². The summed E-state index contributed by atoms with van der Waals surface area (Å²) < 4.78 is 2.04. The summed E-state index contributed by atoms with van der Waals surface area (Å²) in [6.45, 7) is 6.15. The normalized spacial score (nSPS) is 10.7. The molecule has 0 saturated carbocycles. The Morgan fingerprint density at radius 3 is 2.27 bits per heavy atom. The van der Waals surface area contributed by atoms with Gasteiger partial charge in [-0.15, -0.1) is 0 Å². The molecule has 3 rings (SSSR count). The first-order valence-corrected chi connectivity index (χ1v) is 8.47. The number of aryl methyl sites for hydroxylation is 2. The lowest BCUT2D eigenvalue weighted by Gasteiger charge is -2.13. The van der Waals surface area contributed by atoms with Crippen LogP contribution in [0.3, 0.4) is 0 Å². The number of hydrogen-bond donors (Lipinski definition) is 1. The van der Waals surface area contributed by atoms with Crippen LogP contribution in [0.5, 0.6) is 0 Å². The maximum absolute atomic E-state index is 12.5. The second-order valence-corrected chi connectivity index (χ2v) is 6.21. The Morgan fingerprint density at radius 2 is 1.65 bits per heavy atom. The van der Waals surface area contributed by atoms with Gasteiger partial charge in [-0.1, -0.05) is 0 Å². The number of rotatable bonds is 4. The number of nitrogens with zero attached hydrogens (tertiary/aromatic N) is 1. The number of anilines is 1. The SMILES string of the molecule is CCn1c(C)cc(=O)c2cc(C(=O)Nc3ccc(C(C)=O)cc3)ccc21. The van der Waals surface area contributed by atoms with E-state index in [1.165, 1.54) is 6.92 Å². The Hall–Kier alpha value is -3.21. The molecule has 5 nitrogen and oxygen atoms in total. The third-order valence-electron chi connectivity index (χ3n) is 4.45. The molecule has 0 bridgehead atoms. The average Bonchev–Trinajstić information content (AvgIpc) is 2.62. The van der Waals surface area contributed by atoms with Crippen LogP contribution in [0.15, 0.2) is 53.3 Å². The first-order valence-electron chi connectivity index (χ1n) is 8.47. The van der Waals surface area contributed by atoms with Gasteiger partial charge in [0.15, 0.2) is 11.2 Å². The van der Waals surface area contributed by atoms with E-state index in [1.807, 2.05) is 18.4 Å². The standard InChI is InChI=1S/C21H20N2O3/c1-4-23-13(2)11-20(25)18-12-16(7-10-19(18)23)21(26)22-17-8-5-15(6-9-17)14(3)24/h5-12H,4H2,1-3H3,(H,22,26). The highest BCUT2D eigenvalue weighted by Crippen LogP contribution is 2.17. The Morgan fingerprint density at radius 1 is 1.00 bits per heavy atom. The molecule has 1 N–H and O–H groups in total. The van der Waals surface area contributed by atoms with Crippen LogP contribution in [0.4, 0.5) is 5.69 Å². The van der Waals surface area contributed by atoms with Crippen molar-refractivity contribution in [1.82, 2.24) is 4.57 Å². The zero-order chi connectivity index (χ0) is 18.8. The molecule has 0 unspecified atom stereocenters. The molecule has 26 heavy (non-hydrogen) atoms. The minimum absolute atomic E-state index is 0.0279. The second-order valence-electron chi connectivity index (χ2n) is 6.21. The Balaban J connectivity index is 1.93. The number of hydrogen-bond acceptors (Lipinski definition) is 3. The molecular formula is C21H20N2O3. The summed E-state index contributed by atoms with van der Waals surface area (Å²) in [4.78, 5) is 36.2. The third-order valence-corrected chi connectivity index (χ3v) is 4.45. The van der Waals surface area contributed by atoms with Gasteiger partial charge in [0.2, 0.25) is 0 Å². The fourth-order valence-electron chi connectivity index (χ4n) is 3.06. The van der Waals surface area contributed by atoms with Crippen molar-refractivity contribution in [2.45, 2.75) is 27.3 Å². The summed E-state index contributed by atoms with van der Waals surface area (Å²) in [5.74, 6) is -0.328.